The minimum absolute atomic E-state index is 0.115. The lowest BCUT2D eigenvalue weighted by molar-refractivity contribution is 0.102. The number of aryl methyl sites for hydroxylation is 3. The molecule has 0 unspecified atom stereocenters. The number of pyridine rings is 1. The maximum atomic E-state index is 12.9. The number of carbonyl (C=O) groups is 1. The fourth-order valence-corrected chi connectivity index (χ4v) is 4.88. The molecule has 0 radical (unpaired) electrons. The van der Waals surface area contributed by atoms with E-state index in [0.29, 0.717) is 10.9 Å². The quantitative estimate of drug-likeness (QED) is 0.317. The van der Waals surface area contributed by atoms with Crippen molar-refractivity contribution in [2.24, 2.45) is 0 Å². The van der Waals surface area contributed by atoms with Crippen LogP contribution in [0.25, 0.3) is 17.1 Å². The van der Waals surface area contributed by atoms with Crippen LogP contribution in [0.2, 0.25) is 0 Å². The van der Waals surface area contributed by atoms with Gasteiger partial charge in [0.25, 0.3) is 0 Å². The zero-order chi connectivity index (χ0) is 21.2. The van der Waals surface area contributed by atoms with E-state index in [4.69, 9.17) is 0 Å². The second-order valence-electron chi connectivity index (χ2n) is 7.71. The van der Waals surface area contributed by atoms with Crippen LogP contribution in [0, 0.1) is 6.92 Å². The average molecular weight is 427 g/mol. The highest BCUT2D eigenvalue weighted by Crippen LogP contribution is 2.30. The Bertz CT molecular complexity index is 1250. The molecule has 5 nitrogen and oxygen atoms in total. The van der Waals surface area contributed by atoms with Crippen LogP contribution >= 0.6 is 11.8 Å². The summed E-state index contributed by atoms with van der Waals surface area (Å²) >= 11 is 1.43. The van der Waals surface area contributed by atoms with Crippen molar-refractivity contribution in [1.82, 2.24) is 19.7 Å². The number of ketones is 1. The summed E-state index contributed by atoms with van der Waals surface area (Å²) in [5.41, 5.74) is 6.53. The first-order valence-corrected chi connectivity index (χ1v) is 11.4. The van der Waals surface area contributed by atoms with Gasteiger partial charge in [-0.1, -0.05) is 42.1 Å². The molecule has 0 amide bonds. The van der Waals surface area contributed by atoms with Gasteiger partial charge in [-0.2, -0.15) is 0 Å². The normalized spacial score (nSPS) is 12.7. The van der Waals surface area contributed by atoms with Gasteiger partial charge in [-0.05, 0) is 67.1 Å². The molecule has 4 aromatic rings. The highest BCUT2D eigenvalue weighted by atomic mass is 32.2. The number of hydrogen-bond acceptors (Lipinski definition) is 5. The number of fused-ring (bicyclic) bond motifs is 1. The summed E-state index contributed by atoms with van der Waals surface area (Å²) in [7, 11) is 0. The second kappa shape index (κ2) is 8.47. The van der Waals surface area contributed by atoms with Gasteiger partial charge in [0.05, 0.1) is 11.4 Å². The van der Waals surface area contributed by atoms with E-state index in [2.05, 4.69) is 46.4 Å². The molecule has 0 fully saturated rings. The van der Waals surface area contributed by atoms with E-state index < -0.39 is 0 Å². The molecule has 0 bridgehead atoms. The van der Waals surface area contributed by atoms with Gasteiger partial charge in [0.1, 0.15) is 0 Å². The third-order valence-corrected chi connectivity index (χ3v) is 6.61. The summed E-state index contributed by atoms with van der Waals surface area (Å²) in [5, 5.41) is 9.60. The Kier molecular flexibility index (Phi) is 5.38. The highest BCUT2D eigenvalue weighted by molar-refractivity contribution is 7.99. The first kappa shape index (κ1) is 19.7. The highest BCUT2D eigenvalue weighted by Gasteiger charge is 2.19. The summed E-state index contributed by atoms with van der Waals surface area (Å²) in [6.45, 7) is 2.07. The molecule has 2 aromatic carbocycles. The monoisotopic (exact) mass is 426 g/mol. The lowest BCUT2D eigenvalue weighted by atomic mass is 10.0. The third kappa shape index (κ3) is 3.91. The van der Waals surface area contributed by atoms with Gasteiger partial charge in [-0.25, -0.2) is 0 Å². The minimum Gasteiger partial charge on any atom is -0.293 e. The summed E-state index contributed by atoms with van der Waals surface area (Å²) in [4.78, 5) is 17.0. The van der Waals surface area contributed by atoms with Crippen molar-refractivity contribution >= 4 is 17.5 Å². The number of Topliss-reactive ketones (excluding diaryl/α,β-unsaturated/α-hetero) is 1. The topological polar surface area (TPSA) is 60.7 Å². The van der Waals surface area contributed by atoms with Crippen molar-refractivity contribution in [3.05, 3.63) is 89.2 Å². The van der Waals surface area contributed by atoms with Crippen LogP contribution in [-0.2, 0) is 12.8 Å². The van der Waals surface area contributed by atoms with E-state index >= 15 is 0 Å². The Morgan fingerprint density at radius 1 is 1.00 bits per heavy atom. The molecule has 0 spiro atoms. The van der Waals surface area contributed by atoms with E-state index in [9.17, 15) is 4.79 Å². The molecule has 2 aromatic heterocycles. The van der Waals surface area contributed by atoms with Crippen LogP contribution in [0.4, 0.5) is 0 Å². The maximum Gasteiger partial charge on any atom is 0.196 e. The number of benzene rings is 2. The van der Waals surface area contributed by atoms with Crippen molar-refractivity contribution in [1.29, 1.82) is 0 Å². The van der Waals surface area contributed by atoms with Crippen molar-refractivity contribution in [3.63, 3.8) is 0 Å². The molecule has 0 atom stereocenters. The van der Waals surface area contributed by atoms with Gasteiger partial charge >= 0.3 is 0 Å². The smallest absolute Gasteiger partial charge is 0.196 e. The van der Waals surface area contributed by atoms with Crippen molar-refractivity contribution in [2.45, 2.75) is 31.3 Å². The molecule has 0 saturated heterocycles. The molecule has 6 heteroatoms. The molecule has 31 heavy (non-hydrogen) atoms. The molecule has 2 heterocycles. The molecule has 154 valence electrons. The van der Waals surface area contributed by atoms with E-state index in [1.165, 1.54) is 29.3 Å². The van der Waals surface area contributed by atoms with Crippen LogP contribution in [-0.4, -0.2) is 31.3 Å². The summed E-state index contributed by atoms with van der Waals surface area (Å²) < 4.78 is 2.03. The Morgan fingerprint density at radius 2 is 1.81 bits per heavy atom. The first-order valence-electron chi connectivity index (χ1n) is 10.4. The third-order valence-electron chi connectivity index (χ3n) is 5.68. The van der Waals surface area contributed by atoms with Crippen LogP contribution in [0.5, 0.6) is 0 Å². The predicted molar refractivity (Wildman–Crippen MR) is 123 cm³/mol. The zero-order valence-electron chi connectivity index (χ0n) is 17.3. The Labute approximate surface area is 185 Å². The van der Waals surface area contributed by atoms with Gasteiger partial charge in [0, 0.05) is 23.5 Å². The minimum atomic E-state index is 0.115. The lowest BCUT2D eigenvalue weighted by Gasteiger charge is -2.12. The maximum absolute atomic E-state index is 12.9. The molecule has 1 aliphatic carbocycles. The standard InChI is InChI=1S/C25H22N4OS/c1-17-5-2-3-8-22(17)29-24(19-11-13-26-14-12-19)27-28-25(29)31-16-23(30)21-10-9-18-6-4-7-20(18)15-21/h2-3,5,8-15H,4,6-7,16H2,1H3. The number of rotatable bonds is 6. The molecule has 5 rings (SSSR count). The molecular formula is C25H22N4OS. The van der Waals surface area contributed by atoms with Gasteiger partial charge in [0.2, 0.25) is 0 Å². The van der Waals surface area contributed by atoms with Gasteiger partial charge in [0.15, 0.2) is 16.8 Å². The number of nitrogens with zero attached hydrogens (tertiary/aromatic N) is 4. The molecule has 0 aliphatic heterocycles. The summed E-state index contributed by atoms with van der Waals surface area (Å²) in [6, 6.07) is 18.1. The van der Waals surface area contributed by atoms with Crippen LogP contribution in [0.3, 0.4) is 0 Å². The van der Waals surface area contributed by atoms with E-state index in [1.807, 2.05) is 34.9 Å². The van der Waals surface area contributed by atoms with Crippen molar-refractivity contribution in [3.8, 4) is 17.1 Å². The van der Waals surface area contributed by atoms with Crippen molar-refractivity contribution in [2.75, 3.05) is 5.75 Å². The first-order chi connectivity index (χ1) is 15.2. The van der Waals surface area contributed by atoms with E-state index in [1.54, 1.807) is 12.4 Å². The Morgan fingerprint density at radius 3 is 2.65 bits per heavy atom. The van der Waals surface area contributed by atoms with Crippen molar-refractivity contribution < 1.29 is 4.79 Å². The largest absolute Gasteiger partial charge is 0.293 e. The lowest BCUT2D eigenvalue weighted by Crippen LogP contribution is -2.06. The van der Waals surface area contributed by atoms with Gasteiger partial charge in [-0.3, -0.25) is 14.3 Å². The number of thioether (sulfide) groups is 1. The summed E-state index contributed by atoms with van der Waals surface area (Å²) in [6.07, 6.45) is 6.86. The number of hydrogen-bond donors (Lipinski definition) is 0. The van der Waals surface area contributed by atoms with Crippen LogP contribution in [0.1, 0.15) is 33.5 Å². The average Bonchev–Trinajstić information content (AvgIpc) is 3.45. The molecule has 1 aliphatic rings. The Balaban J connectivity index is 1.46. The molecule has 0 saturated carbocycles. The number of aromatic nitrogens is 4. The molecule has 0 N–H and O–H groups in total. The Hall–Kier alpha value is -3.25. The second-order valence-corrected chi connectivity index (χ2v) is 8.66. The predicted octanol–water partition coefficient (Wildman–Crippen LogP) is 5.10. The summed E-state index contributed by atoms with van der Waals surface area (Å²) in [5.74, 6) is 1.17. The van der Waals surface area contributed by atoms with Gasteiger partial charge in [-0.15, -0.1) is 10.2 Å². The molecular weight excluding hydrogens is 404 g/mol. The van der Waals surface area contributed by atoms with Gasteiger partial charge < -0.3 is 0 Å². The number of carbonyl (C=O) groups excluding carboxylic acids is 1. The van der Waals surface area contributed by atoms with Crippen LogP contribution in [0.15, 0.2) is 72.1 Å². The van der Waals surface area contributed by atoms with Crippen LogP contribution < -0.4 is 0 Å². The van der Waals surface area contributed by atoms with E-state index in [0.717, 1.165) is 41.0 Å². The SMILES string of the molecule is Cc1ccccc1-n1c(SCC(=O)c2ccc3c(c2)CCC3)nnc1-c1ccncc1. The fourth-order valence-electron chi connectivity index (χ4n) is 4.04. The van der Waals surface area contributed by atoms with E-state index in [-0.39, 0.29) is 5.78 Å². The zero-order valence-corrected chi connectivity index (χ0v) is 18.1. The number of para-hydroxylation sites is 1. The fraction of sp³-hybridized carbons (Fsp3) is 0.200.